The van der Waals surface area contributed by atoms with E-state index in [-0.39, 0.29) is 16.5 Å². The maximum absolute atomic E-state index is 11.9. The van der Waals surface area contributed by atoms with Gasteiger partial charge in [0.05, 0.1) is 6.07 Å². The van der Waals surface area contributed by atoms with Crippen LogP contribution < -0.4 is 5.43 Å². The minimum absolute atomic E-state index is 0.146. The van der Waals surface area contributed by atoms with E-state index in [1.165, 1.54) is 24.3 Å². The average Bonchev–Trinajstić information content (AvgIpc) is 2.45. The van der Waals surface area contributed by atoms with Crippen molar-refractivity contribution in [1.29, 1.82) is 5.26 Å². The number of carboxylic acid groups (broad SMARTS) is 1. The smallest absolute Gasteiger partial charge is 0.341 e. The fourth-order valence-electron chi connectivity index (χ4n) is 1.84. The molecule has 0 bridgehead atoms. The summed E-state index contributed by atoms with van der Waals surface area (Å²) >= 11 is 0. The lowest BCUT2D eigenvalue weighted by molar-refractivity contribution is 0.0529. The van der Waals surface area contributed by atoms with Crippen LogP contribution in [0.3, 0.4) is 0 Å². The lowest BCUT2D eigenvalue weighted by Crippen LogP contribution is -2.17. The molecule has 102 valence electrons. The second-order valence-electron chi connectivity index (χ2n) is 4.16. The van der Waals surface area contributed by atoms with Crippen LogP contribution in [0.1, 0.15) is 22.0 Å². The summed E-state index contributed by atoms with van der Waals surface area (Å²) in [6.07, 6.45) is -1.94. The Labute approximate surface area is 112 Å². The Bertz CT molecular complexity index is 774. The van der Waals surface area contributed by atoms with E-state index in [1.807, 2.05) is 0 Å². The number of nitrogens with zero attached hydrogens (tertiary/aromatic N) is 1. The molecule has 20 heavy (non-hydrogen) atoms. The summed E-state index contributed by atoms with van der Waals surface area (Å²) in [5.74, 6) is -1.34. The minimum Gasteiger partial charge on any atom is -0.477 e. The van der Waals surface area contributed by atoms with Gasteiger partial charge in [0.25, 0.3) is 0 Å². The minimum atomic E-state index is -1.59. The van der Waals surface area contributed by atoms with Crippen LogP contribution in [0, 0.1) is 11.3 Å². The molecule has 1 heterocycles. The molecule has 0 aliphatic heterocycles. The molecule has 7 nitrogen and oxygen atoms in total. The number of aliphatic hydroxyl groups is 2. The van der Waals surface area contributed by atoms with Gasteiger partial charge in [-0.2, -0.15) is 5.26 Å². The summed E-state index contributed by atoms with van der Waals surface area (Å²) < 4.78 is 0. The number of carboxylic acids is 1. The Morgan fingerprint density at radius 1 is 1.35 bits per heavy atom. The molecular formula is C13H10N2O5. The van der Waals surface area contributed by atoms with E-state index in [4.69, 9.17) is 10.4 Å². The number of pyridine rings is 1. The fourth-order valence-corrected chi connectivity index (χ4v) is 1.84. The number of carbonyl (C=O) groups is 1. The number of nitriles is 1. The Kier molecular flexibility index (Phi) is 3.52. The van der Waals surface area contributed by atoms with Crippen molar-refractivity contribution in [3.05, 3.63) is 45.7 Å². The molecule has 0 aliphatic rings. The quantitative estimate of drug-likeness (QED) is 0.588. The molecule has 0 amide bonds. The Hall–Kier alpha value is -2.69. The number of fused-ring (bicyclic) bond motifs is 1. The Balaban J connectivity index is 2.58. The third kappa shape index (κ3) is 2.25. The van der Waals surface area contributed by atoms with Gasteiger partial charge in [-0.15, -0.1) is 0 Å². The first-order valence-electron chi connectivity index (χ1n) is 5.60. The van der Waals surface area contributed by atoms with Crippen LogP contribution >= 0.6 is 0 Å². The van der Waals surface area contributed by atoms with E-state index in [1.54, 1.807) is 0 Å². The summed E-state index contributed by atoms with van der Waals surface area (Å²) in [5.41, 5.74) is -0.483. The van der Waals surface area contributed by atoms with Gasteiger partial charge in [-0.1, -0.05) is 6.07 Å². The topological polar surface area (TPSA) is 134 Å². The van der Waals surface area contributed by atoms with Crippen molar-refractivity contribution in [1.82, 2.24) is 4.98 Å². The molecule has 1 aromatic heterocycles. The lowest BCUT2D eigenvalue weighted by atomic mass is 10.0. The molecule has 2 aromatic rings. The number of H-pyrrole nitrogens is 1. The normalized spacial score (nSPS) is 13.7. The van der Waals surface area contributed by atoms with Crippen molar-refractivity contribution in [2.45, 2.75) is 12.2 Å². The maximum Gasteiger partial charge on any atom is 0.341 e. The first-order chi connectivity index (χ1) is 9.45. The molecule has 0 saturated carbocycles. The van der Waals surface area contributed by atoms with Gasteiger partial charge in [-0.3, -0.25) is 4.79 Å². The van der Waals surface area contributed by atoms with Crippen LogP contribution in [0.5, 0.6) is 0 Å². The fraction of sp³-hybridized carbons (Fsp3) is 0.154. The largest absolute Gasteiger partial charge is 0.477 e. The third-order valence-corrected chi connectivity index (χ3v) is 2.91. The zero-order valence-electron chi connectivity index (χ0n) is 10.1. The average molecular weight is 274 g/mol. The molecule has 0 saturated heterocycles. The second-order valence-corrected chi connectivity index (χ2v) is 4.16. The van der Waals surface area contributed by atoms with Crippen LogP contribution in [-0.2, 0) is 0 Å². The van der Waals surface area contributed by atoms with E-state index in [9.17, 15) is 19.8 Å². The molecule has 1 aromatic carbocycles. The van der Waals surface area contributed by atoms with Crippen LogP contribution in [0.4, 0.5) is 0 Å². The van der Waals surface area contributed by atoms with Gasteiger partial charge in [0.1, 0.15) is 11.7 Å². The van der Waals surface area contributed by atoms with Crippen molar-refractivity contribution >= 4 is 16.9 Å². The zero-order valence-corrected chi connectivity index (χ0v) is 10.1. The third-order valence-electron chi connectivity index (χ3n) is 2.91. The lowest BCUT2D eigenvalue weighted by Gasteiger charge is -2.12. The predicted molar refractivity (Wildman–Crippen MR) is 68.1 cm³/mol. The van der Waals surface area contributed by atoms with Gasteiger partial charge >= 0.3 is 5.97 Å². The van der Waals surface area contributed by atoms with Crippen molar-refractivity contribution < 1.29 is 20.1 Å². The second kappa shape index (κ2) is 5.13. The van der Waals surface area contributed by atoms with Crippen molar-refractivity contribution in [2.24, 2.45) is 0 Å². The number of benzene rings is 1. The number of nitrogens with one attached hydrogen (secondary N) is 1. The first-order valence-corrected chi connectivity index (χ1v) is 5.60. The SMILES string of the molecule is N#CC(O)C(O)c1ccc2c(=O)c(C(=O)O)c[nH]c2c1. The highest BCUT2D eigenvalue weighted by molar-refractivity contribution is 5.92. The summed E-state index contributed by atoms with van der Waals surface area (Å²) in [6, 6.07) is 5.58. The number of aromatic carboxylic acids is 1. The maximum atomic E-state index is 11.9. The monoisotopic (exact) mass is 274 g/mol. The van der Waals surface area contributed by atoms with E-state index in [0.29, 0.717) is 5.52 Å². The van der Waals surface area contributed by atoms with Gasteiger partial charge in [0, 0.05) is 17.1 Å². The molecule has 2 unspecified atom stereocenters. The number of aromatic nitrogens is 1. The van der Waals surface area contributed by atoms with E-state index < -0.39 is 23.6 Å². The zero-order chi connectivity index (χ0) is 14.9. The predicted octanol–water partition coefficient (Wildman–Crippen LogP) is 0.144. The summed E-state index contributed by atoms with van der Waals surface area (Å²) in [5, 5.41) is 36.5. The molecule has 0 aliphatic carbocycles. The van der Waals surface area contributed by atoms with Crippen molar-refractivity contribution in [2.75, 3.05) is 0 Å². The van der Waals surface area contributed by atoms with Gasteiger partial charge in [0.15, 0.2) is 6.10 Å². The molecule has 2 atom stereocenters. The summed E-state index contributed by atoms with van der Waals surface area (Å²) in [6.45, 7) is 0. The number of rotatable bonds is 3. The molecule has 2 rings (SSSR count). The summed E-state index contributed by atoms with van der Waals surface area (Å²) in [7, 11) is 0. The molecule has 7 heteroatoms. The standard InChI is InChI=1S/C13H10N2O5/c14-4-10(16)11(17)6-1-2-7-9(3-6)15-5-8(12(7)18)13(19)20/h1-3,5,10-11,16-17H,(H,15,18)(H,19,20). The number of hydrogen-bond donors (Lipinski definition) is 4. The summed E-state index contributed by atoms with van der Waals surface area (Å²) in [4.78, 5) is 25.4. The first kappa shape index (κ1) is 13.7. The highest BCUT2D eigenvalue weighted by atomic mass is 16.4. The van der Waals surface area contributed by atoms with Gasteiger partial charge in [-0.05, 0) is 17.7 Å². The highest BCUT2D eigenvalue weighted by Gasteiger charge is 2.19. The van der Waals surface area contributed by atoms with Crippen molar-refractivity contribution in [3.63, 3.8) is 0 Å². The molecule has 0 radical (unpaired) electrons. The van der Waals surface area contributed by atoms with Crippen LogP contribution in [-0.4, -0.2) is 32.4 Å². The molecule has 0 spiro atoms. The van der Waals surface area contributed by atoms with Crippen molar-refractivity contribution in [3.8, 4) is 6.07 Å². The molecular weight excluding hydrogens is 264 g/mol. The number of hydrogen-bond acceptors (Lipinski definition) is 5. The van der Waals surface area contributed by atoms with Crippen LogP contribution in [0.25, 0.3) is 10.9 Å². The van der Waals surface area contributed by atoms with Gasteiger partial charge in [0.2, 0.25) is 5.43 Å². The van der Waals surface area contributed by atoms with Crippen LogP contribution in [0.15, 0.2) is 29.2 Å². The van der Waals surface area contributed by atoms with E-state index in [0.717, 1.165) is 6.20 Å². The Morgan fingerprint density at radius 2 is 2.05 bits per heavy atom. The number of aromatic amines is 1. The van der Waals surface area contributed by atoms with E-state index in [2.05, 4.69) is 4.98 Å². The van der Waals surface area contributed by atoms with Gasteiger partial charge in [-0.25, -0.2) is 4.79 Å². The van der Waals surface area contributed by atoms with Crippen LogP contribution in [0.2, 0.25) is 0 Å². The Morgan fingerprint density at radius 3 is 2.65 bits per heavy atom. The number of aliphatic hydroxyl groups excluding tert-OH is 2. The van der Waals surface area contributed by atoms with E-state index >= 15 is 0 Å². The highest BCUT2D eigenvalue weighted by Crippen LogP contribution is 2.20. The van der Waals surface area contributed by atoms with Gasteiger partial charge < -0.3 is 20.3 Å². The molecule has 4 N–H and O–H groups in total. The molecule has 0 fully saturated rings.